The van der Waals surface area contributed by atoms with Gasteiger partial charge in [-0.05, 0) is 22.8 Å². The third kappa shape index (κ3) is 3.40. The van der Waals surface area contributed by atoms with Gasteiger partial charge in [0.2, 0.25) is 0 Å². The van der Waals surface area contributed by atoms with Crippen molar-refractivity contribution in [2.24, 2.45) is 5.41 Å². The minimum absolute atomic E-state index is 0.266. The molecule has 0 saturated carbocycles. The second-order valence-electron chi connectivity index (χ2n) is 3.23. The largest absolute Gasteiger partial charge is 0.0996 e. The monoisotopic (exact) mass is 250 g/mol. The molecule has 0 aliphatic rings. The molecule has 1 heteroatoms. The molecule has 0 aliphatic heterocycles. The zero-order chi connectivity index (χ0) is 8.20. The Labute approximate surface area is 77.5 Å². The lowest BCUT2D eigenvalue weighted by atomic mass is 9.83. The van der Waals surface area contributed by atoms with Crippen molar-refractivity contribution < 1.29 is 0 Å². The van der Waals surface area contributed by atoms with Crippen LogP contribution in [-0.4, -0.2) is 0 Å². The van der Waals surface area contributed by atoms with E-state index in [4.69, 9.17) is 0 Å². The molecule has 0 radical (unpaired) electrons. The van der Waals surface area contributed by atoms with Gasteiger partial charge in [0, 0.05) is 0 Å². The second kappa shape index (κ2) is 4.16. The minimum Gasteiger partial charge on any atom is -0.0996 e. The normalized spacial score (nSPS) is 12.4. The molecule has 0 saturated heterocycles. The van der Waals surface area contributed by atoms with Crippen LogP contribution < -0.4 is 0 Å². The Morgan fingerprint density at radius 1 is 1.60 bits per heavy atom. The Morgan fingerprint density at radius 3 is 2.40 bits per heavy atom. The Bertz CT molecular complexity index is 143. The van der Waals surface area contributed by atoms with Gasteiger partial charge >= 0.3 is 0 Å². The van der Waals surface area contributed by atoms with E-state index in [-0.39, 0.29) is 5.41 Å². The van der Waals surface area contributed by atoms with Crippen molar-refractivity contribution in [1.82, 2.24) is 0 Å². The van der Waals surface area contributed by atoms with E-state index in [2.05, 4.69) is 60.1 Å². The van der Waals surface area contributed by atoms with Gasteiger partial charge in [0.1, 0.15) is 0 Å². The van der Waals surface area contributed by atoms with E-state index < -0.39 is 0 Å². The summed E-state index contributed by atoms with van der Waals surface area (Å²) >= 11 is 2.24. The summed E-state index contributed by atoms with van der Waals surface area (Å²) in [7, 11) is 0. The molecule has 10 heavy (non-hydrogen) atoms. The van der Waals surface area contributed by atoms with Crippen molar-refractivity contribution in [1.29, 1.82) is 0 Å². The van der Waals surface area contributed by atoms with E-state index in [9.17, 15) is 0 Å². The maximum atomic E-state index is 3.94. The predicted octanol–water partition coefficient (Wildman–Crippen LogP) is 3.93. The SMILES string of the molecule is C=C(C)C(C)(C)C/C=C/I. The van der Waals surface area contributed by atoms with Crippen molar-refractivity contribution in [3.8, 4) is 0 Å². The quantitative estimate of drug-likeness (QED) is 0.526. The van der Waals surface area contributed by atoms with Gasteiger partial charge in [0.25, 0.3) is 0 Å². The lowest BCUT2D eigenvalue weighted by Crippen LogP contribution is -2.10. The summed E-state index contributed by atoms with van der Waals surface area (Å²) in [5.74, 6) is 0. The molecule has 0 aromatic heterocycles. The van der Waals surface area contributed by atoms with Crippen LogP contribution in [0.3, 0.4) is 0 Å². The maximum absolute atomic E-state index is 3.94. The Balaban J connectivity index is 3.99. The smallest absolute Gasteiger partial charge is 0.0115 e. The molecule has 0 rings (SSSR count). The topological polar surface area (TPSA) is 0 Å². The standard InChI is InChI=1S/C9H15I/c1-8(2)9(3,4)6-5-7-10/h5,7H,1,6H2,2-4H3/b7-5+. The number of allylic oxidation sites excluding steroid dienone is 2. The fraction of sp³-hybridized carbons (Fsp3) is 0.556. The van der Waals surface area contributed by atoms with Crippen molar-refractivity contribution in [3.05, 3.63) is 22.3 Å². The molecule has 0 N–H and O–H groups in total. The fourth-order valence-corrected chi connectivity index (χ4v) is 0.768. The summed E-state index contributed by atoms with van der Waals surface area (Å²) in [6.07, 6.45) is 3.26. The lowest BCUT2D eigenvalue weighted by Gasteiger charge is -2.22. The summed E-state index contributed by atoms with van der Waals surface area (Å²) in [5, 5.41) is 0. The van der Waals surface area contributed by atoms with Crippen LogP contribution in [0.25, 0.3) is 0 Å². The lowest BCUT2D eigenvalue weighted by molar-refractivity contribution is 0.455. The van der Waals surface area contributed by atoms with Gasteiger partial charge in [-0.3, -0.25) is 0 Å². The molecular formula is C9H15I. The number of hydrogen-bond donors (Lipinski definition) is 0. The zero-order valence-electron chi connectivity index (χ0n) is 6.95. The van der Waals surface area contributed by atoms with Crippen LogP contribution in [0.4, 0.5) is 0 Å². The fourth-order valence-electron chi connectivity index (χ4n) is 0.513. The van der Waals surface area contributed by atoms with Crippen molar-refractivity contribution >= 4 is 22.6 Å². The van der Waals surface area contributed by atoms with Crippen molar-refractivity contribution in [2.45, 2.75) is 27.2 Å². The van der Waals surface area contributed by atoms with Crippen LogP contribution in [0.2, 0.25) is 0 Å². The molecule has 0 atom stereocenters. The summed E-state index contributed by atoms with van der Waals surface area (Å²) < 4.78 is 2.06. The summed E-state index contributed by atoms with van der Waals surface area (Å²) in [5.41, 5.74) is 1.52. The van der Waals surface area contributed by atoms with Gasteiger partial charge in [0.05, 0.1) is 0 Å². The molecule has 0 heterocycles. The molecule has 0 fully saturated rings. The molecule has 0 aliphatic carbocycles. The summed E-state index contributed by atoms with van der Waals surface area (Å²) in [6, 6.07) is 0. The molecule has 0 aromatic carbocycles. The number of hydrogen-bond acceptors (Lipinski definition) is 0. The third-order valence-corrected chi connectivity index (χ3v) is 2.38. The Morgan fingerprint density at radius 2 is 2.10 bits per heavy atom. The minimum atomic E-state index is 0.266. The summed E-state index contributed by atoms with van der Waals surface area (Å²) in [6.45, 7) is 10.5. The summed E-state index contributed by atoms with van der Waals surface area (Å²) in [4.78, 5) is 0. The van der Waals surface area contributed by atoms with Crippen LogP contribution in [0.15, 0.2) is 22.3 Å². The van der Waals surface area contributed by atoms with Gasteiger partial charge in [0.15, 0.2) is 0 Å². The van der Waals surface area contributed by atoms with E-state index in [1.165, 1.54) is 5.57 Å². The molecular weight excluding hydrogens is 235 g/mol. The first-order valence-corrected chi connectivity index (χ1v) is 4.66. The van der Waals surface area contributed by atoms with Crippen molar-refractivity contribution in [3.63, 3.8) is 0 Å². The van der Waals surface area contributed by atoms with Crippen LogP contribution in [0.1, 0.15) is 27.2 Å². The Kier molecular flexibility index (Phi) is 4.25. The molecule has 0 aromatic rings. The van der Waals surface area contributed by atoms with E-state index in [1.54, 1.807) is 0 Å². The highest BCUT2D eigenvalue weighted by Gasteiger charge is 2.15. The number of halogens is 1. The average Bonchev–Trinajstić information content (AvgIpc) is 1.84. The van der Waals surface area contributed by atoms with E-state index in [0.29, 0.717) is 0 Å². The predicted molar refractivity (Wildman–Crippen MR) is 56.4 cm³/mol. The number of rotatable bonds is 3. The van der Waals surface area contributed by atoms with E-state index in [0.717, 1.165) is 6.42 Å². The first kappa shape index (κ1) is 10.2. The van der Waals surface area contributed by atoms with Gasteiger partial charge < -0.3 is 0 Å². The van der Waals surface area contributed by atoms with Gasteiger partial charge in [-0.25, -0.2) is 0 Å². The molecule has 0 bridgehead atoms. The van der Waals surface area contributed by atoms with Crippen LogP contribution in [0.5, 0.6) is 0 Å². The van der Waals surface area contributed by atoms with Crippen LogP contribution in [-0.2, 0) is 0 Å². The van der Waals surface area contributed by atoms with Gasteiger partial charge in [-0.15, -0.1) is 0 Å². The molecule has 0 spiro atoms. The molecule has 58 valence electrons. The Hall–Kier alpha value is 0.210. The van der Waals surface area contributed by atoms with Gasteiger partial charge in [-0.2, -0.15) is 0 Å². The second-order valence-corrected chi connectivity index (χ2v) is 3.95. The third-order valence-electron chi connectivity index (χ3n) is 1.87. The molecule has 0 amide bonds. The highest BCUT2D eigenvalue weighted by atomic mass is 127. The van der Waals surface area contributed by atoms with E-state index >= 15 is 0 Å². The van der Waals surface area contributed by atoms with Crippen molar-refractivity contribution in [2.75, 3.05) is 0 Å². The van der Waals surface area contributed by atoms with Gasteiger partial charge in [-0.1, -0.05) is 54.7 Å². The zero-order valence-corrected chi connectivity index (χ0v) is 9.10. The molecule has 0 unspecified atom stereocenters. The highest BCUT2D eigenvalue weighted by Crippen LogP contribution is 2.28. The molecule has 0 nitrogen and oxygen atoms in total. The first-order valence-electron chi connectivity index (χ1n) is 3.42. The van der Waals surface area contributed by atoms with E-state index in [1.807, 2.05) is 0 Å². The highest BCUT2D eigenvalue weighted by molar-refractivity contribution is 14.1. The first-order chi connectivity index (χ1) is 4.50. The van der Waals surface area contributed by atoms with Crippen LogP contribution in [0, 0.1) is 5.41 Å². The average molecular weight is 250 g/mol. The maximum Gasteiger partial charge on any atom is -0.0115 e. The van der Waals surface area contributed by atoms with Crippen LogP contribution >= 0.6 is 22.6 Å².